The van der Waals surface area contributed by atoms with E-state index in [1.807, 2.05) is 30.1 Å². The molecule has 5 nitrogen and oxygen atoms in total. The first-order chi connectivity index (χ1) is 9.29. The predicted molar refractivity (Wildman–Crippen MR) is 74.1 cm³/mol. The highest BCUT2D eigenvalue weighted by atomic mass is 32.1. The fourth-order valence-electron chi connectivity index (χ4n) is 2.35. The molecular weight excluding hydrogens is 260 g/mol. The maximum atomic E-state index is 5.81. The summed E-state index contributed by atoms with van der Waals surface area (Å²) in [6, 6.07) is 1.95. The summed E-state index contributed by atoms with van der Waals surface area (Å²) < 4.78 is 7.75. The van der Waals surface area contributed by atoms with Gasteiger partial charge in [0.2, 0.25) is 0 Å². The van der Waals surface area contributed by atoms with Crippen LogP contribution >= 0.6 is 11.3 Å². The second kappa shape index (κ2) is 5.81. The molecule has 0 amide bonds. The van der Waals surface area contributed by atoms with Gasteiger partial charge in [-0.05, 0) is 13.0 Å². The van der Waals surface area contributed by atoms with Crippen molar-refractivity contribution in [2.45, 2.75) is 26.1 Å². The number of ether oxygens (including phenoxy) is 1. The van der Waals surface area contributed by atoms with E-state index in [1.165, 1.54) is 4.88 Å². The Kier molecular flexibility index (Phi) is 3.91. The zero-order valence-electron chi connectivity index (χ0n) is 11.0. The van der Waals surface area contributed by atoms with Crippen molar-refractivity contribution in [1.29, 1.82) is 0 Å². The summed E-state index contributed by atoms with van der Waals surface area (Å²) in [5.74, 6) is 0. The third-order valence-electron chi connectivity index (χ3n) is 3.22. The first kappa shape index (κ1) is 12.8. The van der Waals surface area contributed by atoms with E-state index in [0.29, 0.717) is 0 Å². The van der Waals surface area contributed by atoms with Crippen molar-refractivity contribution < 1.29 is 4.74 Å². The molecule has 0 aromatic carbocycles. The largest absolute Gasteiger partial charge is 0.374 e. The van der Waals surface area contributed by atoms with Crippen LogP contribution in [0.25, 0.3) is 0 Å². The maximum Gasteiger partial charge on any atom is 0.0898 e. The number of rotatable bonds is 4. The van der Waals surface area contributed by atoms with Crippen molar-refractivity contribution in [2.75, 3.05) is 19.7 Å². The highest BCUT2D eigenvalue weighted by molar-refractivity contribution is 7.11. The smallest absolute Gasteiger partial charge is 0.0898 e. The Morgan fingerprint density at radius 3 is 3.21 bits per heavy atom. The van der Waals surface area contributed by atoms with E-state index in [-0.39, 0.29) is 6.10 Å². The minimum atomic E-state index is 0.225. The lowest BCUT2D eigenvalue weighted by Gasteiger charge is -2.32. The van der Waals surface area contributed by atoms with Gasteiger partial charge in [-0.25, -0.2) is 4.98 Å². The van der Waals surface area contributed by atoms with Crippen molar-refractivity contribution in [3.8, 4) is 0 Å². The Hall–Kier alpha value is -1.24. The highest BCUT2D eigenvalue weighted by Gasteiger charge is 2.21. The molecule has 19 heavy (non-hydrogen) atoms. The van der Waals surface area contributed by atoms with E-state index in [0.717, 1.165) is 37.8 Å². The first-order valence-electron chi connectivity index (χ1n) is 6.52. The minimum absolute atomic E-state index is 0.225. The second-order valence-electron chi connectivity index (χ2n) is 4.80. The van der Waals surface area contributed by atoms with Gasteiger partial charge < -0.3 is 4.74 Å². The van der Waals surface area contributed by atoms with Crippen LogP contribution in [0.1, 0.15) is 9.88 Å². The molecule has 0 radical (unpaired) electrons. The molecule has 102 valence electrons. The van der Waals surface area contributed by atoms with Crippen LogP contribution in [0.3, 0.4) is 0 Å². The molecule has 6 heteroatoms. The number of nitrogens with zero attached hydrogens (tertiary/aromatic N) is 4. The normalized spacial score (nSPS) is 20.8. The van der Waals surface area contributed by atoms with E-state index in [1.54, 1.807) is 17.5 Å². The lowest BCUT2D eigenvalue weighted by atomic mass is 10.2. The minimum Gasteiger partial charge on any atom is -0.374 e. The van der Waals surface area contributed by atoms with Gasteiger partial charge in [-0.2, -0.15) is 5.10 Å². The van der Waals surface area contributed by atoms with Crippen LogP contribution in [-0.2, 0) is 17.8 Å². The Morgan fingerprint density at radius 2 is 2.47 bits per heavy atom. The topological polar surface area (TPSA) is 43.2 Å². The molecule has 0 N–H and O–H groups in total. The van der Waals surface area contributed by atoms with Crippen molar-refractivity contribution in [1.82, 2.24) is 19.7 Å². The molecular formula is C13H18N4OS. The van der Waals surface area contributed by atoms with E-state index in [4.69, 9.17) is 4.74 Å². The van der Waals surface area contributed by atoms with Crippen molar-refractivity contribution in [2.24, 2.45) is 0 Å². The van der Waals surface area contributed by atoms with Gasteiger partial charge in [0, 0.05) is 43.1 Å². The van der Waals surface area contributed by atoms with Crippen molar-refractivity contribution in [3.05, 3.63) is 34.5 Å². The SMILES string of the molecule is Cc1ncc(CN2CCO[C@@H](Cn3cccn3)C2)s1. The Balaban J connectivity index is 1.55. The van der Waals surface area contributed by atoms with Crippen LogP contribution in [0.15, 0.2) is 24.7 Å². The third-order valence-corrected chi connectivity index (χ3v) is 4.12. The predicted octanol–water partition coefficient (Wildman–Crippen LogP) is 1.55. The molecule has 1 saturated heterocycles. The van der Waals surface area contributed by atoms with Crippen LogP contribution in [0.5, 0.6) is 0 Å². The van der Waals surface area contributed by atoms with Gasteiger partial charge in [-0.1, -0.05) is 0 Å². The first-order valence-corrected chi connectivity index (χ1v) is 7.34. The lowest BCUT2D eigenvalue weighted by Crippen LogP contribution is -2.43. The van der Waals surface area contributed by atoms with Gasteiger partial charge in [0.05, 0.1) is 24.3 Å². The van der Waals surface area contributed by atoms with Crippen LogP contribution in [0.2, 0.25) is 0 Å². The molecule has 0 spiro atoms. The zero-order chi connectivity index (χ0) is 13.1. The Morgan fingerprint density at radius 1 is 1.53 bits per heavy atom. The molecule has 3 rings (SSSR count). The fraction of sp³-hybridized carbons (Fsp3) is 0.538. The van der Waals surface area contributed by atoms with E-state index in [2.05, 4.69) is 15.0 Å². The molecule has 1 fully saturated rings. The quantitative estimate of drug-likeness (QED) is 0.851. The number of aromatic nitrogens is 3. The summed E-state index contributed by atoms with van der Waals surface area (Å²) in [6.45, 7) is 6.59. The van der Waals surface area contributed by atoms with Crippen molar-refractivity contribution >= 4 is 11.3 Å². The standard InChI is InChI=1S/C13H18N4OS/c1-11-14-7-13(19-11)10-16-5-6-18-12(8-16)9-17-4-2-3-15-17/h2-4,7,12H,5-6,8-10H2,1H3/t12-/m1/s1. The molecule has 2 aromatic heterocycles. The monoisotopic (exact) mass is 278 g/mol. The van der Waals surface area contributed by atoms with E-state index in [9.17, 15) is 0 Å². The molecule has 0 saturated carbocycles. The molecule has 0 unspecified atom stereocenters. The van der Waals surface area contributed by atoms with E-state index < -0.39 is 0 Å². The second-order valence-corrected chi connectivity index (χ2v) is 6.12. The van der Waals surface area contributed by atoms with E-state index >= 15 is 0 Å². The van der Waals surface area contributed by atoms with Crippen LogP contribution in [-0.4, -0.2) is 45.5 Å². The lowest BCUT2D eigenvalue weighted by molar-refractivity contribution is -0.0399. The number of hydrogen-bond acceptors (Lipinski definition) is 5. The number of aryl methyl sites for hydroxylation is 1. The van der Waals surface area contributed by atoms with Gasteiger partial charge in [0.25, 0.3) is 0 Å². The summed E-state index contributed by atoms with van der Waals surface area (Å²) in [6.07, 6.45) is 6.00. The number of thiazole rings is 1. The maximum absolute atomic E-state index is 5.81. The number of morpholine rings is 1. The summed E-state index contributed by atoms with van der Waals surface area (Å²) in [7, 11) is 0. The fourth-order valence-corrected chi connectivity index (χ4v) is 3.19. The molecule has 1 aliphatic rings. The van der Waals surface area contributed by atoms with Crippen LogP contribution < -0.4 is 0 Å². The Labute approximate surface area is 116 Å². The molecule has 3 heterocycles. The number of hydrogen-bond donors (Lipinski definition) is 0. The zero-order valence-corrected chi connectivity index (χ0v) is 11.8. The molecule has 2 aromatic rings. The van der Waals surface area contributed by atoms with Gasteiger partial charge >= 0.3 is 0 Å². The van der Waals surface area contributed by atoms with Crippen LogP contribution in [0, 0.1) is 6.92 Å². The van der Waals surface area contributed by atoms with Gasteiger partial charge in [0.15, 0.2) is 0 Å². The van der Waals surface area contributed by atoms with Gasteiger partial charge in [-0.15, -0.1) is 11.3 Å². The molecule has 1 aliphatic heterocycles. The molecule has 1 atom stereocenters. The average Bonchev–Trinajstić information content (AvgIpc) is 3.02. The summed E-state index contributed by atoms with van der Waals surface area (Å²) in [5, 5.41) is 5.37. The van der Waals surface area contributed by atoms with Gasteiger partial charge in [0.1, 0.15) is 0 Å². The summed E-state index contributed by atoms with van der Waals surface area (Å²) in [4.78, 5) is 8.07. The van der Waals surface area contributed by atoms with Crippen molar-refractivity contribution in [3.63, 3.8) is 0 Å². The van der Waals surface area contributed by atoms with Gasteiger partial charge in [-0.3, -0.25) is 9.58 Å². The summed E-state index contributed by atoms with van der Waals surface area (Å²) >= 11 is 1.78. The summed E-state index contributed by atoms with van der Waals surface area (Å²) in [5.41, 5.74) is 0. The molecule has 0 aliphatic carbocycles. The highest BCUT2D eigenvalue weighted by Crippen LogP contribution is 2.16. The molecule has 0 bridgehead atoms. The van der Waals surface area contributed by atoms with Crippen LogP contribution in [0.4, 0.5) is 0 Å². The third kappa shape index (κ3) is 3.40. The Bertz CT molecular complexity index is 510. The average molecular weight is 278 g/mol.